The summed E-state index contributed by atoms with van der Waals surface area (Å²) < 4.78 is 6.86. The molecule has 0 bridgehead atoms. The Morgan fingerprint density at radius 3 is 1.97 bits per heavy atom. The summed E-state index contributed by atoms with van der Waals surface area (Å²) in [5, 5.41) is 4.92. The molecule has 0 unspecified atom stereocenters. The van der Waals surface area contributed by atoms with Crippen molar-refractivity contribution in [1.29, 1.82) is 0 Å². The second-order valence-corrected chi connectivity index (χ2v) is 14.5. The molecule has 0 spiro atoms. The van der Waals surface area contributed by atoms with Crippen LogP contribution in [0.5, 0.6) is 11.5 Å². The van der Waals surface area contributed by atoms with Crippen molar-refractivity contribution in [3.05, 3.63) is 65.4 Å². The smallest absolute Gasteiger partial charge is 0.140 e. The van der Waals surface area contributed by atoms with E-state index < -0.39 is 0 Å². The van der Waals surface area contributed by atoms with Crippen LogP contribution in [0.25, 0.3) is 32.8 Å². The molecule has 1 aliphatic rings. The maximum absolute atomic E-state index is 6.86. The maximum atomic E-state index is 6.86. The number of aromatic nitrogens is 1. The summed E-state index contributed by atoms with van der Waals surface area (Å²) in [5.74, 6) is 1.93. The van der Waals surface area contributed by atoms with E-state index in [2.05, 4.69) is 105 Å². The van der Waals surface area contributed by atoms with E-state index >= 15 is 0 Å². The average molecular weight is 480 g/mol. The molecule has 3 aromatic carbocycles. The molecule has 0 fully saturated rings. The minimum atomic E-state index is 0.128. The lowest BCUT2D eigenvalue weighted by Gasteiger charge is -2.28. The molecule has 2 heteroatoms. The van der Waals surface area contributed by atoms with E-state index in [1.54, 1.807) is 0 Å². The molecule has 0 saturated heterocycles. The van der Waals surface area contributed by atoms with E-state index in [9.17, 15) is 0 Å². The molecule has 0 aliphatic carbocycles. The third-order valence-corrected chi connectivity index (χ3v) is 6.79. The minimum Gasteiger partial charge on any atom is -0.456 e. The van der Waals surface area contributed by atoms with Crippen LogP contribution in [0.1, 0.15) is 79.0 Å². The fourth-order valence-electron chi connectivity index (χ4n) is 5.68. The van der Waals surface area contributed by atoms with Crippen LogP contribution in [0.4, 0.5) is 0 Å². The average Bonchev–Trinajstić information content (AvgIpc) is 2.71. The van der Waals surface area contributed by atoms with Crippen LogP contribution in [0.3, 0.4) is 0 Å². The van der Waals surface area contributed by atoms with Gasteiger partial charge in [0, 0.05) is 17.3 Å². The fraction of sp³-hybridized carbons (Fsp3) is 0.441. The number of fused-ring (bicyclic) bond motifs is 3. The molecule has 2 nitrogen and oxygen atoms in total. The number of hydrogen-bond acceptors (Lipinski definition) is 2. The first kappa shape index (κ1) is 24.8. The maximum Gasteiger partial charge on any atom is 0.140 e. The Kier molecular flexibility index (Phi) is 5.74. The van der Waals surface area contributed by atoms with Gasteiger partial charge >= 0.3 is 0 Å². The van der Waals surface area contributed by atoms with Crippen molar-refractivity contribution in [1.82, 2.24) is 4.98 Å². The number of rotatable bonds is 3. The van der Waals surface area contributed by atoms with Gasteiger partial charge in [-0.15, -0.1) is 0 Å². The van der Waals surface area contributed by atoms with Crippen molar-refractivity contribution >= 4 is 21.5 Å². The Labute approximate surface area is 217 Å². The van der Waals surface area contributed by atoms with Crippen LogP contribution in [0.2, 0.25) is 0 Å². The van der Waals surface area contributed by atoms with Gasteiger partial charge in [0.1, 0.15) is 11.5 Å². The molecule has 0 saturated carbocycles. The van der Waals surface area contributed by atoms with Crippen LogP contribution in [-0.2, 0) is 19.3 Å². The van der Waals surface area contributed by atoms with E-state index in [1.807, 2.05) is 6.20 Å². The number of nitrogens with zero attached hydrogens (tertiary/aromatic N) is 1. The topological polar surface area (TPSA) is 22.1 Å². The zero-order valence-electron chi connectivity index (χ0n) is 23.6. The van der Waals surface area contributed by atoms with Crippen LogP contribution >= 0.6 is 0 Å². The van der Waals surface area contributed by atoms with Gasteiger partial charge in [-0.1, -0.05) is 86.6 Å². The highest BCUT2D eigenvalue weighted by molar-refractivity contribution is 6.06. The van der Waals surface area contributed by atoms with Crippen LogP contribution in [0.15, 0.2) is 48.7 Å². The third kappa shape index (κ3) is 5.01. The highest BCUT2D eigenvalue weighted by Gasteiger charge is 2.28. The number of ether oxygens (including phenoxy) is 1. The summed E-state index contributed by atoms with van der Waals surface area (Å²) in [6.07, 6.45) is 4.96. The quantitative estimate of drug-likeness (QED) is 0.257. The first-order valence-corrected chi connectivity index (χ1v) is 13.4. The van der Waals surface area contributed by atoms with E-state index in [-0.39, 0.29) is 16.2 Å². The Hall–Kier alpha value is -2.87. The van der Waals surface area contributed by atoms with E-state index in [4.69, 9.17) is 9.72 Å². The molecule has 5 rings (SSSR count). The predicted octanol–water partition coefficient (Wildman–Crippen LogP) is 9.93. The Bertz CT molecular complexity index is 1470. The second-order valence-electron chi connectivity index (χ2n) is 14.5. The zero-order valence-corrected chi connectivity index (χ0v) is 23.6. The van der Waals surface area contributed by atoms with Crippen LogP contribution < -0.4 is 4.74 Å². The van der Waals surface area contributed by atoms with E-state index in [0.29, 0.717) is 0 Å². The number of hydrogen-bond donors (Lipinski definition) is 0. The Morgan fingerprint density at radius 1 is 0.667 bits per heavy atom. The summed E-state index contributed by atoms with van der Waals surface area (Å²) in [4.78, 5) is 4.93. The van der Waals surface area contributed by atoms with Crippen molar-refractivity contribution in [3.8, 4) is 22.8 Å². The van der Waals surface area contributed by atoms with Gasteiger partial charge in [-0.3, -0.25) is 4.98 Å². The molecule has 4 aromatic rings. The normalized spacial score (nSPS) is 13.7. The van der Waals surface area contributed by atoms with Crippen molar-refractivity contribution < 1.29 is 4.74 Å². The lowest BCUT2D eigenvalue weighted by atomic mass is 9.82. The van der Waals surface area contributed by atoms with Gasteiger partial charge < -0.3 is 4.74 Å². The van der Waals surface area contributed by atoms with E-state index in [1.165, 1.54) is 32.8 Å². The summed E-state index contributed by atoms with van der Waals surface area (Å²) >= 11 is 0. The highest BCUT2D eigenvalue weighted by atomic mass is 16.5. The van der Waals surface area contributed by atoms with Gasteiger partial charge in [-0.2, -0.15) is 0 Å². The highest BCUT2D eigenvalue weighted by Crippen LogP contribution is 2.50. The summed E-state index contributed by atoms with van der Waals surface area (Å²) in [7, 11) is 0. The molecular weight excluding hydrogens is 438 g/mol. The second kappa shape index (κ2) is 8.33. The fourth-order valence-corrected chi connectivity index (χ4v) is 5.68. The Balaban J connectivity index is 1.77. The monoisotopic (exact) mass is 479 g/mol. The summed E-state index contributed by atoms with van der Waals surface area (Å²) in [6.45, 7) is 20.7. The van der Waals surface area contributed by atoms with Crippen molar-refractivity contribution in [2.45, 2.75) is 81.6 Å². The molecule has 1 aliphatic heterocycles. The zero-order chi connectivity index (χ0) is 26.0. The van der Waals surface area contributed by atoms with Gasteiger partial charge in [0.2, 0.25) is 0 Å². The molecule has 188 valence electrons. The van der Waals surface area contributed by atoms with E-state index in [0.717, 1.165) is 47.4 Å². The molecule has 0 radical (unpaired) electrons. The van der Waals surface area contributed by atoms with Gasteiger partial charge in [0.05, 0.1) is 11.1 Å². The van der Waals surface area contributed by atoms with Gasteiger partial charge in [-0.25, -0.2) is 0 Å². The van der Waals surface area contributed by atoms with Crippen molar-refractivity contribution in [2.75, 3.05) is 0 Å². The lowest BCUT2D eigenvalue weighted by Crippen LogP contribution is -2.13. The first-order chi connectivity index (χ1) is 16.7. The lowest BCUT2D eigenvalue weighted by molar-refractivity contribution is 0.398. The molecule has 0 amide bonds. The van der Waals surface area contributed by atoms with Crippen molar-refractivity contribution in [2.24, 2.45) is 16.2 Å². The molecule has 2 heterocycles. The molecule has 0 atom stereocenters. The largest absolute Gasteiger partial charge is 0.456 e. The predicted molar refractivity (Wildman–Crippen MR) is 154 cm³/mol. The molecule has 1 aromatic heterocycles. The minimum absolute atomic E-state index is 0.128. The van der Waals surface area contributed by atoms with Gasteiger partial charge in [0.25, 0.3) is 0 Å². The SMILES string of the molecule is CC(C)(C)Cc1ccc2c(CC(C)(C)C)c3c(cc2c1)-c1nccc2cc(CC(C)(C)C)cc(c12)O3. The van der Waals surface area contributed by atoms with Gasteiger partial charge in [-0.05, 0) is 81.0 Å². The standard InChI is InChI=1S/C34H41NO/c1-32(2,3)18-21-10-11-25-24(14-21)17-26-30-29-23(12-13-35-30)15-22(19-33(4,5)6)16-28(29)36-31(26)27(25)20-34(7,8)9/h10-17H,18-20H2,1-9H3. The first-order valence-electron chi connectivity index (χ1n) is 13.4. The third-order valence-electron chi connectivity index (χ3n) is 6.79. The number of benzene rings is 3. The molecule has 0 N–H and O–H groups in total. The molecule has 36 heavy (non-hydrogen) atoms. The van der Waals surface area contributed by atoms with Crippen LogP contribution in [-0.4, -0.2) is 4.98 Å². The number of pyridine rings is 1. The summed E-state index contributed by atoms with van der Waals surface area (Å²) in [6, 6.07) is 16.0. The molecular formula is C34H41NO. The summed E-state index contributed by atoms with van der Waals surface area (Å²) in [5.41, 5.74) is 6.74. The Morgan fingerprint density at radius 2 is 1.31 bits per heavy atom. The van der Waals surface area contributed by atoms with Crippen LogP contribution in [0, 0.1) is 16.2 Å². The van der Waals surface area contributed by atoms with Gasteiger partial charge in [0.15, 0.2) is 0 Å². The van der Waals surface area contributed by atoms with Crippen molar-refractivity contribution in [3.63, 3.8) is 0 Å².